The second kappa shape index (κ2) is 5.16. The number of rotatable bonds is 3. The van der Waals surface area contributed by atoms with E-state index in [2.05, 4.69) is 0 Å². The van der Waals surface area contributed by atoms with Crippen molar-refractivity contribution in [2.75, 3.05) is 7.11 Å². The van der Waals surface area contributed by atoms with E-state index in [4.69, 9.17) is 21.4 Å². The van der Waals surface area contributed by atoms with Crippen LogP contribution in [0.2, 0.25) is 5.02 Å². The second-order valence-corrected chi connectivity index (χ2v) is 4.16. The van der Waals surface area contributed by atoms with Crippen molar-refractivity contribution in [3.05, 3.63) is 57.5 Å². The molecule has 0 fully saturated rings. The summed E-state index contributed by atoms with van der Waals surface area (Å²) in [7, 11) is 1.46. The standard InChI is InChI=1S/C13H10ClNO4/c1-19-11-6-9(3-4-10(11)14)15-7-8(13(17)18)2-5-12(15)16/h2-7H,1H3,(H,17,18). The Hall–Kier alpha value is -2.27. The Morgan fingerprint density at radius 3 is 2.68 bits per heavy atom. The molecule has 0 aliphatic heterocycles. The highest BCUT2D eigenvalue weighted by atomic mass is 35.5. The zero-order chi connectivity index (χ0) is 14.0. The van der Waals surface area contributed by atoms with E-state index in [0.29, 0.717) is 16.5 Å². The van der Waals surface area contributed by atoms with Gasteiger partial charge < -0.3 is 9.84 Å². The van der Waals surface area contributed by atoms with Crippen LogP contribution in [0, 0.1) is 0 Å². The zero-order valence-corrected chi connectivity index (χ0v) is 10.7. The fourth-order valence-corrected chi connectivity index (χ4v) is 1.81. The van der Waals surface area contributed by atoms with Gasteiger partial charge in [0.2, 0.25) is 0 Å². The molecular formula is C13H10ClNO4. The highest BCUT2D eigenvalue weighted by Crippen LogP contribution is 2.26. The summed E-state index contributed by atoms with van der Waals surface area (Å²) in [6, 6.07) is 7.21. The minimum Gasteiger partial charge on any atom is -0.495 e. The van der Waals surface area contributed by atoms with Crippen LogP contribution < -0.4 is 10.3 Å². The van der Waals surface area contributed by atoms with E-state index in [1.807, 2.05) is 0 Å². The Balaban J connectivity index is 2.61. The van der Waals surface area contributed by atoms with Crippen molar-refractivity contribution in [1.29, 1.82) is 0 Å². The minimum atomic E-state index is -1.10. The van der Waals surface area contributed by atoms with Gasteiger partial charge in [-0.25, -0.2) is 4.79 Å². The molecule has 6 heteroatoms. The van der Waals surface area contributed by atoms with E-state index < -0.39 is 5.97 Å². The van der Waals surface area contributed by atoms with Gasteiger partial charge in [0, 0.05) is 18.3 Å². The molecule has 0 spiro atoms. The van der Waals surface area contributed by atoms with Gasteiger partial charge in [0.05, 0.1) is 23.4 Å². The van der Waals surface area contributed by atoms with Crippen molar-refractivity contribution in [2.24, 2.45) is 0 Å². The lowest BCUT2D eigenvalue weighted by Gasteiger charge is -2.09. The number of carboxylic acids is 1. The first kappa shape index (κ1) is 13.2. The van der Waals surface area contributed by atoms with Crippen LogP contribution in [0.4, 0.5) is 0 Å². The largest absolute Gasteiger partial charge is 0.495 e. The molecule has 0 unspecified atom stereocenters. The second-order valence-electron chi connectivity index (χ2n) is 3.75. The van der Waals surface area contributed by atoms with Crippen LogP contribution in [-0.4, -0.2) is 22.8 Å². The van der Waals surface area contributed by atoms with E-state index in [9.17, 15) is 9.59 Å². The van der Waals surface area contributed by atoms with Gasteiger partial charge in [0.15, 0.2) is 0 Å². The molecule has 2 aromatic rings. The van der Waals surface area contributed by atoms with Crippen molar-refractivity contribution in [2.45, 2.75) is 0 Å². The quantitative estimate of drug-likeness (QED) is 0.935. The molecule has 0 atom stereocenters. The molecule has 1 heterocycles. The SMILES string of the molecule is COc1cc(-n2cc(C(=O)O)ccc2=O)ccc1Cl. The van der Waals surface area contributed by atoms with Crippen LogP contribution in [0.15, 0.2) is 41.3 Å². The molecule has 1 aromatic carbocycles. The van der Waals surface area contributed by atoms with E-state index in [1.165, 1.54) is 30.0 Å². The highest BCUT2D eigenvalue weighted by Gasteiger charge is 2.08. The van der Waals surface area contributed by atoms with Gasteiger partial charge in [0.25, 0.3) is 5.56 Å². The van der Waals surface area contributed by atoms with E-state index in [0.717, 1.165) is 0 Å². The predicted octanol–water partition coefficient (Wildman–Crippen LogP) is 2.20. The van der Waals surface area contributed by atoms with Gasteiger partial charge in [0.1, 0.15) is 5.75 Å². The zero-order valence-electron chi connectivity index (χ0n) is 9.96. The number of aromatic nitrogens is 1. The van der Waals surface area contributed by atoms with Crippen molar-refractivity contribution in [1.82, 2.24) is 4.57 Å². The molecule has 5 nitrogen and oxygen atoms in total. The summed E-state index contributed by atoms with van der Waals surface area (Å²) < 4.78 is 6.29. The number of halogens is 1. The topological polar surface area (TPSA) is 68.5 Å². The molecule has 1 aromatic heterocycles. The number of pyridine rings is 1. The molecule has 98 valence electrons. The Kier molecular flexibility index (Phi) is 3.57. The van der Waals surface area contributed by atoms with E-state index >= 15 is 0 Å². The summed E-state index contributed by atoms with van der Waals surface area (Å²) >= 11 is 5.90. The van der Waals surface area contributed by atoms with Gasteiger partial charge in [-0.15, -0.1) is 0 Å². The minimum absolute atomic E-state index is 0.0218. The molecule has 2 rings (SSSR count). The third-order valence-electron chi connectivity index (χ3n) is 2.57. The van der Waals surface area contributed by atoms with Crippen molar-refractivity contribution in [3.63, 3.8) is 0 Å². The predicted molar refractivity (Wildman–Crippen MR) is 70.6 cm³/mol. The first-order valence-electron chi connectivity index (χ1n) is 5.33. The van der Waals surface area contributed by atoms with Gasteiger partial charge in [-0.3, -0.25) is 9.36 Å². The summed E-state index contributed by atoms with van der Waals surface area (Å²) in [4.78, 5) is 22.7. The molecule has 19 heavy (non-hydrogen) atoms. The maximum absolute atomic E-state index is 11.8. The smallest absolute Gasteiger partial charge is 0.337 e. The lowest BCUT2D eigenvalue weighted by Crippen LogP contribution is -2.18. The number of hydrogen-bond donors (Lipinski definition) is 1. The number of nitrogens with zero attached hydrogens (tertiary/aromatic N) is 1. The van der Waals surface area contributed by atoms with Crippen molar-refractivity contribution >= 4 is 17.6 Å². The number of hydrogen-bond acceptors (Lipinski definition) is 3. The van der Waals surface area contributed by atoms with Crippen LogP contribution in [0.25, 0.3) is 5.69 Å². The Morgan fingerprint density at radius 2 is 2.05 bits per heavy atom. The van der Waals surface area contributed by atoms with Crippen LogP contribution in [0.5, 0.6) is 5.75 Å². The Bertz CT molecular complexity index is 693. The third kappa shape index (κ3) is 2.61. The summed E-state index contributed by atoms with van der Waals surface area (Å²) in [6.07, 6.45) is 1.26. The number of benzene rings is 1. The van der Waals surface area contributed by atoms with E-state index in [1.54, 1.807) is 18.2 Å². The Labute approximate surface area is 113 Å². The van der Waals surface area contributed by atoms with Crippen LogP contribution in [0.1, 0.15) is 10.4 Å². The Morgan fingerprint density at radius 1 is 1.32 bits per heavy atom. The van der Waals surface area contributed by atoms with Gasteiger partial charge in [-0.2, -0.15) is 0 Å². The van der Waals surface area contributed by atoms with E-state index in [-0.39, 0.29) is 11.1 Å². The van der Waals surface area contributed by atoms with Crippen LogP contribution in [0.3, 0.4) is 0 Å². The molecular weight excluding hydrogens is 270 g/mol. The third-order valence-corrected chi connectivity index (χ3v) is 2.88. The maximum Gasteiger partial charge on any atom is 0.337 e. The molecule has 0 aliphatic carbocycles. The molecule has 1 N–H and O–H groups in total. The number of aromatic carboxylic acids is 1. The van der Waals surface area contributed by atoms with Crippen LogP contribution >= 0.6 is 11.6 Å². The maximum atomic E-state index is 11.8. The first-order chi connectivity index (χ1) is 9.02. The number of methoxy groups -OCH3 is 1. The van der Waals surface area contributed by atoms with Gasteiger partial charge in [-0.05, 0) is 18.2 Å². The molecule has 0 amide bonds. The number of carbonyl (C=O) groups is 1. The fourth-order valence-electron chi connectivity index (χ4n) is 1.61. The molecule has 0 saturated heterocycles. The average molecular weight is 280 g/mol. The van der Waals surface area contributed by atoms with Gasteiger partial charge in [-0.1, -0.05) is 11.6 Å². The molecule has 0 saturated carbocycles. The normalized spacial score (nSPS) is 10.2. The van der Waals surface area contributed by atoms with Crippen molar-refractivity contribution < 1.29 is 14.6 Å². The summed E-state index contributed by atoms with van der Waals surface area (Å²) in [6.45, 7) is 0. The summed E-state index contributed by atoms with van der Waals surface area (Å²) in [5, 5.41) is 9.34. The summed E-state index contributed by atoms with van der Waals surface area (Å²) in [5.41, 5.74) is 0.164. The van der Waals surface area contributed by atoms with Crippen molar-refractivity contribution in [3.8, 4) is 11.4 Å². The molecule has 0 radical (unpaired) electrons. The molecule has 0 bridgehead atoms. The highest BCUT2D eigenvalue weighted by molar-refractivity contribution is 6.32. The van der Waals surface area contributed by atoms with Crippen LogP contribution in [-0.2, 0) is 0 Å². The summed E-state index contributed by atoms with van der Waals surface area (Å²) in [5.74, 6) is -0.693. The lowest BCUT2D eigenvalue weighted by molar-refractivity contribution is 0.0696. The molecule has 0 aliphatic rings. The number of carboxylic acid groups (broad SMARTS) is 1. The fraction of sp³-hybridized carbons (Fsp3) is 0.0769. The van der Waals surface area contributed by atoms with Gasteiger partial charge >= 0.3 is 5.97 Å². The lowest BCUT2D eigenvalue weighted by atomic mass is 10.2. The first-order valence-corrected chi connectivity index (χ1v) is 5.70. The average Bonchev–Trinajstić information content (AvgIpc) is 2.40. The number of ether oxygens (including phenoxy) is 1. The monoisotopic (exact) mass is 279 g/mol.